The maximum Gasteiger partial charge on any atom is 0.234 e. The fourth-order valence-electron chi connectivity index (χ4n) is 3.44. The average molecular weight is 283 g/mol. The minimum absolute atomic E-state index is 0.100. The Balaban J connectivity index is 1.77. The van der Waals surface area contributed by atoms with Crippen molar-refractivity contribution in [2.45, 2.75) is 38.1 Å². The Morgan fingerprint density at radius 1 is 1.15 bits per heavy atom. The molecular formula is C15H29N3O2. The largest absolute Gasteiger partial charge is 0.382 e. The molecule has 1 N–H and O–H groups in total. The molecule has 1 saturated carbocycles. The fourth-order valence-corrected chi connectivity index (χ4v) is 3.44. The highest BCUT2D eigenvalue weighted by molar-refractivity contribution is 5.79. The molecule has 20 heavy (non-hydrogen) atoms. The van der Waals surface area contributed by atoms with Crippen LogP contribution in [0.15, 0.2) is 0 Å². The number of carbonyl (C=O) groups is 1. The van der Waals surface area contributed by atoms with Gasteiger partial charge in [-0.1, -0.05) is 19.8 Å². The quantitative estimate of drug-likeness (QED) is 0.779. The zero-order valence-corrected chi connectivity index (χ0v) is 13.0. The van der Waals surface area contributed by atoms with E-state index in [4.69, 9.17) is 4.74 Å². The molecule has 0 aromatic heterocycles. The summed E-state index contributed by atoms with van der Waals surface area (Å²) in [6, 6.07) is 0. The second-order valence-corrected chi connectivity index (χ2v) is 6.18. The summed E-state index contributed by atoms with van der Waals surface area (Å²) in [5, 5.41) is 3.25. The lowest BCUT2D eigenvalue weighted by molar-refractivity contribution is -0.125. The van der Waals surface area contributed by atoms with Crippen molar-refractivity contribution < 1.29 is 9.53 Å². The fraction of sp³-hybridized carbons (Fsp3) is 0.933. The van der Waals surface area contributed by atoms with Crippen LogP contribution in [0.5, 0.6) is 0 Å². The monoisotopic (exact) mass is 283 g/mol. The highest BCUT2D eigenvalue weighted by atomic mass is 16.5. The number of likely N-dealkylation sites (N-methyl/N-ethyl adjacent to an activating group) is 1. The van der Waals surface area contributed by atoms with Crippen LogP contribution in [0.25, 0.3) is 0 Å². The molecule has 0 aromatic rings. The highest BCUT2D eigenvalue weighted by Crippen LogP contribution is 2.29. The zero-order chi connectivity index (χ0) is 14.4. The molecule has 0 unspecified atom stereocenters. The Morgan fingerprint density at radius 3 is 2.30 bits per heavy atom. The number of carbonyl (C=O) groups excluding carboxylic acids is 1. The lowest BCUT2D eigenvalue weighted by atomic mass is 9.99. The number of rotatable bonds is 6. The number of amides is 1. The number of nitrogens with one attached hydrogen (secondary N) is 1. The van der Waals surface area contributed by atoms with Crippen LogP contribution in [0.1, 0.15) is 32.6 Å². The van der Waals surface area contributed by atoms with Crippen LogP contribution >= 0.6 is 0 Å². The molecule has 0 atom stereocenters. The summed E-state index contributed by atoms with van der Waals surface area (Å²) >= 11 is 0. The van der Waals surface area contributed by atoms with E-state index in [0.717, 1.165) is 45.6 Å². The van der Waals surface area contributed by atoms with Gasteiger partial charge in [-0.3, -0.25) is 9.69 Å². The normalized spacial score (nSPS) is 23.9. The van der Waals surface area contributed by atoms with Crippen molar-refractivity contribution in [3.63, 3.8) is 0 Å². The predicted octanol–water partition coefficient (Wildman–Crippen LogP) is 0.699. The van der Waals surface area contributed by atoms with Crippen molar-refractivity contribution in [1.82, 2.24) is 15.1 Å². The summed E-state index contributed by atoms with van der Waals surface area (Å²) in [7, 11) is 1.72. The molecule has 1 aliphatic heterocycles. The van der Waals surface area contributed by atoms with Crippen LogP contribution in [0.3, 0.4) is 0 Å². The molecule has 1 heterocycles. The van der Waals surface area contributed by atoms with E-state index >= 15 is 0 Å². The Labute approximate surface area is 122 Å². The van der Waals surface area contributed by atoms with Crippen molar-refractivity contribution in [2.24, 2.45) is 0 Å². The van der Waals surface area contributed by atoms with Crippen molar-refractivity contribution in [2.75, 3.05) is 53.0 Å². The van der Waals surface area contributed by atoms with E-state index in [1.54, 1.807) is 7.11 Å². The molecule has 116 valence electrons. The van der Waals surface area contributed by atoms with Crippen molar-refractivity contribution in [3.05, 3.63) is 0 Å². The molecule has 1 aliphatic carbocycles. The van der Waals surface area contributed by atoms with Gasteiger partial charge in [0.2, 0.25) is 5.91 Å². The number of methoxy groups -OCH3 is 1. The first kappa shape index (κ1) is 15.7. The highest BCUT2D eigenvalue weighted by Gasteiger charge is 2.35. The van der Waals surface area contributed by atoms with Gasteiger partial charge in [0.1, 0.15) is 0 Å². The van der Waals surface area contributed by atoms with E-state index in [1.807, 2.05) is 0 Å². The van der Waals surface area contributed by atoms with Crippen LogP contribution in [0.2, 0.25) is 0 Å². The van der Waals surface area contributed by atoms with E-state index in [1.165, 1.54) is 12.8 Å². The van der Waals surface area contributed by atoms with Gasteiger partial charge in [0, 0.05) is 33.3 Å². The summed E-state index contributed by atoms with van der Waals surface area (Å²) in [5.74, 6) is 0.161. The Hall–Kier alpha value is -0.650. The smallest absolute Gasteiger partial charge is 0.234 e. The van der Waals surface area contributed by atoms with Crippen LogP contribution in [0.4, 0.5) is 0 Å². The van der Waals surface area contributed by atoms with Crippen LogP contribution in [-0.2, 0) is 9.53 Å². The van der Waals surface area contributed by atoms with Gasteiger partial charge in [-0.2, -0.15) is 0 Å². The molecule has 0 bridgehead atoms. The van der Waals surface area contributed by atoms with Gasteiger partial charge in [-0.15, -0.1) is 0 Å². The Kier molecular flexibility index (Phi) is 5.81. The lowest BCUT2D eigenvalue weighted by Crippen LogP contribution is -2.54. The average Bonchev–Trinajstić information content (AvgIpc) is 2.88. The van der Waals surface area contributed by atoms with Crippen molar-refractivity contribution in [1.29, 1.82) is 0 Å². The number of piperazine rings is 1. The Bertz CT molecular complexity index is 308. The molecule has 1 saturated heterocycles. The van der Waals surface area contributed by atoms with Gasteiger partial charge in [0.15, 0.2) is 0 Å². The third kappa shape index (κ3) is 4.17. The van der Waals surface area contributed by atoms with Gasteiger partial charge in [0.25, 0.3) is 0 Å². The summed E-state index contributed by atoms with van der Waals surface area (Å²) in [4.78, 5) is 17.0. The summed E-state index contributed by atoms with van der Waals surface area (Å²) in [5.41, 5.74) is -0.100. The number of hydrogen-bond acceptors (Lipinski definition) is 4. The van der Waals surface area contributed by atoms with Crippen molar-refractivity contribution >= 4 is 5.91 Å². The third-order valence-electron chi connectivity index (χ3n) is 4.67. The van der Waals surface area contributed by atoms with Gasteiger partial charge in [-0.05, 0) is 19.4 Å². The van der Waals surface area contributed by atoms with Crippen LogP contribution in [0, 0.1) is 0 Å². The van der Waals surface area contributed by atoms with Gasteiger partial charge in [-0.25, -0.2) is 0 Å². The molecule has 5 nitrogen and oxygen atoms in total. The van der Waals surface area contributed by atoms with Crippen molar-refractivity contribution in [3.8, 4) is 0 Å². The molecule has 5 heteroatoms. The standard InChI is InChI=1S/C15H29N3O2/c1-3-17-8-10-18(11-9-17)12-14(19)16-15(13-20-2)6-4-5-7-15/h3-13H2,1-2H3,(H,16,19). The lowest BCUT2D eigenvalue weighted by Gasteiger charge is -2.35. The second kappa shape index (κ2) is 7.38. The molecule has 1 amide bonds. The van der Waals surface area contributed by atoms with Crippen LogP contribution in [-0.4, -0.2) is 74.2 Å². The SMILES string of the molecule is CCN1CCN(CC(=O)NC2(COC)CCCC2)CC1. The van der Waals surface area contributed by atoms with E-state index in [2.05, 4.69) is 22.0 Å². The zero-order valence-electron chi connectivity index (χ0n) is 13.0. The maximum atomic E-state index is 12.3. The maximum absolute atomic E-state index is 12.3. The van der Waals surface area contributed by atoms with Gasteiger partial charge in [0.05, 0.1) is 18.7 Å². The number of nitrogens with zero attached hydrogens (tertiary/aromatic N) is 2. The predicted molar refractivity (Wildman–Crippen MR) is 79.8 cm³/mol. The minimum atomic E-state index is -0.100. The molecule has 0 radical (unpaired) electrons. The first-order chi connectivity index (χ1) is 9.67. The summed E-state index contributed by atoms with van der Waals surface area (Å²) in [6.07, 6.45) is 4.49. The molecule has 2 aliphatic rings. The first-order valence-electron chi connectivity index (χ1n) is 7.92. The first-order valence-corrected chi connectivity index (χ1v) is 7.92. The molecular weight excluding hydrogens is 254 g/mol. The minimum Gasteiger partial charge on any atom is -0.382 e. The van der Waals surface area contributed by atoms with E-state index in [0.29, 0.717) is 13.2 Å². The van der Waals surface area contributed by atoms with E-state index in [9.17, 15) is 4.79 Å². The summed E-state index contributed by atoms with van der Waals surface area (Å²) < 4.78 is 5.31. The van der Waals surface area contributed by atoms with Gasteiger partial charge < -0.3 is 15.0 Å². The van der Waals surface area contributed by atoms with Crippen LogP contribution < -0.4 is 5.32 Å². The second-order valence-electron chi connectivity index (χ2n) is 6.18. The topological polar surface area (TPSA) is 44.8 Å². The third-order valence-corrected chi connectivity index (χ3v) is 4.67. The molecule has 0 aromatic carbocycles. The molecule has 2 fully saturated rings. The number of ether oxygens (including phenoxy) is 1. The summed E-state index contributed by atoms with van der Waals surface area (Å²) in [6.45, 7) is 8.62. The molecule has 0 spiro atoms. The Morgan fingerprint density at radius 2 is 1.75 bits per heavy atom. The number of hydrogen-bond donors (Lipinski definition) is 1. The van der Waals surface area contributed by atoms with Gasteiger partial charge >= 0.3 is 0 Å². The van der Waals surface area contributed by atoms with E-state index < -0.39 is 0 Å². The van der Waals surface area contributed by atoms with E-state index in [-0.39, 0.29) is 11.4 Å². The molecule has 2 rings (SSSR count).